The lowest BCUT2D eigenvalue weighted by molar-refractivity contribution is 0.628. The normalized spacial score (nSPS) is 10.7. The number of benzene rings is 1. The van der Waals surface area contributed by atoms with Crippen molar-refractivity contribution >= 4 is 0 Å². The lowest BCUT2D eigenvalue weighted by Crippen LogP contribution is -2.07. The molecule has 0 saturated carbocycles. The summed E-state index contributed by atoms with van der Waals surface area (Å²) >= 11 is 0. The van der Waals surface area contributed by atoms with Crippen LogP contribution in [-0.2, 0) is 13.6 Å². The number of aryl methyl sites for hydroxylation is 1. The Kier molecular flexibility index (Phi) is 3.01. The number of hydrogen-bond acceptors (Lipinski definition) is 2. The van der Waals surface area contributed by atoms with Crippen molar-refractivity contribution in [2.75, 3.05) is 7.05 Å². The minimum absolute atomic E-state index is 0.225. The Morgan fingerprint density at radius 1 is 1.44 bits per heavy atom. The van der Waals surface area contributed by atoms with Crippen molar-refractivity contribution in [3.05, 3.63) is 42.0 Å². The minimum atomic E-state index is -0.225. The van der Waals surface area contributed by atoms with Crippen LogP contribution < -0.4 is 5.32 Å². The van der Waals surface area contributed by atoms with E-state index in [1.807, 2.05) is 26.4 Å². The Bertz CT molecular complexity index is 491. The third-order valence-electron chi connectivity index (χ3n) is 2.39. The quantitative estimate of drug-likeness (QED) is 0.855. The highest BCUT2D eigenvalue weighted by molar-refractivity contribution is 5.65. The average molecular weight is 219 g/mol. The molecule has 0 bridgehead atoms. The van der Waals surface area contributed by atoms with Gasteiger partial charge in [-0.3, -0.25) is 4.68 Å². The molecular formula is C12H14FN3. The summed E-state index contributed by atoms with van der Waals surface area (Å²) in [6.45, 7) is 0.673. The smallest absolute Gasteiger partial charge is 0.123 e. The standard InChI is InChI=1S/C12H14FN3/c1-14-7-12-11(8-16(2)15-12)9-4-3-5-10(13)6-9/h3-6,8,14H,7H2,1-2H3. The van der Waals surface area contributed by atoms with Gasteiger partial charge in [0.05, 0.1) is 5.69 Å². The molecule has 0 aliphatic rings. The summed E-state index contributed by atoms with van der Waals surface area (Å²) in [4.78, 5) is 0. The number of nitrogens with one attached hydrogen (secondary N) is 1. The summed E-state index contributed by atoms with van der Waals surface area (Å²) < 4.78 is 14.9. The fourth-order valence-corrected chi connectivity index (χ4v) is 1.73. The van der Waals surface area contributed by atoms with Gasteiger partial charge in [0.2, 0.25) is 0 Å². The molecule has 1 aromatic carbocycles. The fraction of sp³-hybridized carbons (Fsp3) is 0.250. The number of hydrogen-bond donors (Lipinski definition) is 1. The Hall–Kier alpha value is -1.68. The predicted octanol–water partition coefficient (Wildman–Crippen LogP) is 1.95. The summed E-state index contributed by atoms with van der Waals surface area (Å²) in [5.74, 6) is -0.225. The van der Waals surface area contributed by atoms with Crippen LogP contribution in [0.3, 0.4) is 0 Å². The van der Waals surface area contributed by atoms with Gasteiger partial charge in [-0.05, 0) is 24.7 Å². The molecule has 0 amide bonds. The first-order valence-corrected chi connectivity index (χ1v) is 5.14. The van der Waals surface area contributed by atoms with E-state index in [-0.39, 0.29) is 5.82 Å². The highest BCUT2D eigenvalue weighted by Crippen LogP contribution is 2.23. The number of nitrogens with zero attached hydrogens (tertiary/aromatic N) is 2. The van der Waals surface area contributed by atoms with E-state index in [0.29, 0.717) is 6.54 Å². The third-order valence-corrected chi connectivity index (χ3v) is 2.39. The molecule has 1 heterocycles. The van der Waals surface area contributed by atoms with Gasteiger partial charge in [-0.1, -0.05) is 12.1 Å². The van der Waals surface area contributed by atoms with E-state index < -0.39 is 0 Å². The molecular weight excluding hydrogens is 205 g/mol. The van der Waals surface area contributed by atoms with E-state index in [0.717, 1.165) is 16.8 Å². The highest BCUT2D eigenvalue weighted by Gasteiger charge is 2.09. The third kappa shape index (κ3) is 2.12. The Morgan fingerprint density at radius 2 is 2.25 bits per heavy atom. The van der Waals surface area contributed by atoms with E-state index in [9.17, 15) is 4.39 Å². The van der Waals surface area contributed by atoms with Crippen LogP contribution in [0.5, 0.6) is 0 Å². The van der Waals surface area contributed by atoms with E-state index in [2.05, 4.69) is 10.4 Å². The second-order valence-electron chi connectivity index (χ2n) is 3.70. The van der Waals surface area contributed by atoms with Gasteiger partial charge in [-0.15, -0.1) is 0 Å². The molecule has 1 aromatic heterocycles. The van der Waals surface area contributed by atoms with Gasteiger partial charge in [-0.25, -0.2) is 4.39 Å². The van der Waals surface area contributed by atoms with Gasteiger partial charge < -0.3 is 5.32 Å². The maximum atomic E-state index is 13.1. The molecule has 0 atom stereocenters. The van der Waals surface area contributed by atoms with Gasteiger partial charge in [-0.2, -0.15) is 5.10 Å². The molecule has 0 aliphatic heterocycles. The van der Waals surface area contributed by atoms with Crippen LogP contribution in [0.1, 0.15) is 5.69 Å². The maximum Gasteiger partial charge on any atom is 0.123 e. The van der Waals surface area contributed by atoms with Crippen molar-refractivity contribution < 1.29 is 4.39 Å². The summed E-state index contributed by atoms with van der Waals surface area (Å²) in [6.07, 6.45) is 1.90. The van der Waals surface area contributed by atoms with Crippen molar-refractivity contribution in [1.82, 2.24) is 15.1 Å². The molecule has 1 N–H and O–H groups in total. The Morgan fingerprint density at radius 3 is 2.94 bits per heavy atom. The first-order valence-electron chi connectivity index (χ1n) is 5.14. The van der Waals surface area contributed by atoms with Crippen LogP contribution in [0.4, 0.5) is 4.39 Å². The number of aromatic nitrogens is 2. The van der Waals surface area contributed by atoms with Crippen molar-refractivity contribution in [2.45, 2.75) is 6.54 Å². The predicted molar refractivity (Wildman–Crippen MR) is 61.4 cm³/mol. The topological polar surface area (TPSA) is 29.9 Å². The second kappa shape index (κ2) is 4.45. The molecule has 2 rings (SSSR count). The van der Waals surface area contributed by atoms with Crippen molar-refractivity contribution in [3.63, 3.8) is 0 Å². The molecule has 0 fully saturated rings. The lowest BCUT2D eigenvalue weighted by Gasteiger charge is -2.01. The van der Waals surface area contributed by atoms with Gasteiger partial charge in [0, 0.05) is 25.4 Å². The van der Waals surface area contributed by atoms with Gasteiger partial charge in [0.1, 0.15) is 5.82 Å². The molecule has 16 heavy (non-hydrogen) atoms. The zero-order chi connectivity index (χ0) is 11.5. The molecule has 0 spiro atoms. The van der Waals surface area contributed by atoms with Gasteiger partial charge in [0.25, 0.3) is 0 Å². The molecule has 2 aromatic rings. The largest absolute Gasteiger partial charge is 0.314 e. The van der Waals surface area contributed by atoms with Crippen molar-refractivity contribution in [1.29, 1.82) is 0 Å². The van der Waals surface area contributed by atoms with Gasteiger partial charge >= 0.3 is 0 Å². The molecule has 0 saturated heterocycles. The highest BCUT2D eigenvalue weighted by atomic mass is 19.1. The van der Waals surface area contributed by atoms with E-state index in [1.165, 1.54) is 12.1 Å². The van der Waals surface area contributed by atoms with E-state index >= 15 is 0 Å². The molecule has 0 aliphatic carbocycles. The lowest BCUT2D eigenvalue weighted by atomic mass is 10.1. The Balaban J connectivity index is 2.46. The van der Waals surface area contributed by atoms with Crippen LogP contribution in [0, 0.1) is 5.82 Å². The van der Waals surface area contributed by atoms with E-state index in [1.54, 1.807) is 10.7 Å². The molecule has 4 heteroatoms. The Labute approximate surface area is 93.9 Å². The fourth-order valence-electron chi connectivity index (χ4n) is 1.73. The zero-order valence-corrected chi connectivity index (χ0v) is 9.37. The maximum absolute atomic E-state index is 13.1. The van der Waals surface area contributed by atoms with E-state index in [4.69, 9.17) is 0 Å². The van der Waals surface area contributed by atoms with Crippen LogP contribution in [-0.4, -0.2) is 16.8 Å². The minimum Gasteiger partial charge on any atom is -0.314 e. The molecule has 3 nitrogen and oxygen atoms in total. The van der Waals surface area contributed by atoms with Crippen molar-refractivity contribution in [2.24, 2.45) is 7.05 Å². The van der Waals surface area contributed by atoms with Crippen LogP contribution in [0.25, 0.3) is 11.1 Å². The van der Waals surface area contributed by atoms with Crippen LogP contribution in [0.15, 0.2) is 30.5 Å². The summed E-state index contributed by atoms with van der Waals surface area (Å²) in [5.41, 5.74) is 2.75. The number of halogens is 1. The average Bonchev–Trinajstić information content (AvgIpc) is 2.60. The summed E-state index contributed by atoms with van der Waals surface area (Å²) in [7, 11) is 3.73. The summed E-state index contributed by atoms with van der Waals surface area (Å²) in [5, 5.41) is 7.39. The zero-order valence-electron chi connectivity index (χ0n) is 9.37. The number of rotatable bonds is 3. The second-order valence-corrected chi connectivity index (χ2v) is 3.70. The molecule has 0 radical (unpaired) electrons. The molecule has 84 valence electrons. The monoisotopic (exact) mass is 219 g/mol. The first kappa shape index (κ1) is 10.8. The van der Waals surface area contributed by atoms with Crippen molar-refractivity contribution in [3.8, 4) is 11.1 Å². The van der Waals surface area contributed by atoms with Gasteiger partial charge in [0.15, 0.2) is 0 Å². The molecule has 0 unspecified atom stereocenters. The van der Waals surface area contributed by atoms with Crippen LogP contribution >= 0.6 is 0 Å². The van der Waals surface area contributed by atoms with Crippen LogP contribution in [0.2, 0.25) is 0 Å². The summed E-state index contributed by atoms with van der Waals surface area (Å²) in [6, 6.07) is 6.56. The first-order chi connectivity index (χ1) is 7.70. The SMILES string of the molecule is CNCc1nn(C)cc1-c1cccc(F)c1.